The zero-order chi connectivity index (χ0) is 24.6. The van der Waals surface area contributed by atoms with E-state index in [4.69, 9.17) is 0 Å². The molecule has 0 unspecified atom stereocenters. The van der Waals surface area contributed by atoms with Crippen LogP contribution < -0.4 is 10.2 Å². The minimum Gasteiger partial charge on any atom is -0.369 e. The summed E-state index contributed by atoms with van der Waals surface area (Å²) >= 11 is 0. The van der Waals surface area contributed by atoms with Gasteiger partial charge in [0.2, 0.25) is 15.9 Å². The lowest BCUT2D eigenvalue weighted by Gasteiger charge is -2.39. The van der Waals surface area contributed by atoms with Crippen LogP contribution in [0.3, 0.4) is 0 Å². The number of carbonyl (C=O) groups excluding carboxylic acids is 1. The van der Waals surface area contributed by atoms with Crippen LogP contribution in [0.2, 0.25) is 0 Å². The van der Waals surface area contributed by atoms with E-state index in [9.17, 15) is 13.2 Å². The molecule has 3 rings (SSSR count). The molecule has 0 aliphatic carbocycles. The summed E-state index contributed by atoms with van der Waals surface area (Å²) in [7, 11) is -3.45. The molecule has 0 radical (unpaired) electrons. The van der Waals surface area contributed by atoms with E-state index in [-0.39, 0.29) is 11.9 Å². The van der Waals surface area contributed by atoms with E-state index in [1.165, 1.54) is 9.99 Å². The molecule has 1 aliphatic rings. The number of para-hydroxylation sites is 1. The van der Waals surface area contributed by atoms with Gasteiger partial charge in [-0.2, -0.15) is 4.31 Å². The Kier molecular flexibility index (Phi) is 9.50. The Labute approximate surface area is 204 Å². The number of sulfonamides is 1. The fourth-order valence-electron chi connectivity index (χ4n) is 4.34. The van der Waals surface area contributed by atoms with Gasteiger partial charge in [0.1, 0.15) is 0 Å². The molecule has 2 aromatic carbocycles. The predicted octanol–water partition coefficient (Wildman–Crippen LogP) is 2.98. The molecular formula is C26H38N4O3S. The van der Waals surface area contributed by atoms with Gasteiger partial charge in [-0.25, -0.2) is 8.42 Å². The Morgan fingerprint density at radius 1 is 0.971 bits per heavy atom. The zero-order valence-electron chi connectivity index (χ0n) is 20.6. The molecule has 1 aliphatic heterocycles. The summed E-state index contributed by atoms with van der Waals surface area (Å²) in [4.78, 5) is 17.5. The summed E-state index contributed by atoms with van der Waals surface area (Å²) in [5.41, 5.74) is 2.22. The Morgan fingerprint density at radius 2 is 1.59 bits per heavy atom. The molecule has 1 N–H and O–H groups in total. The maximum atomic E-state index is 12.6. The second-order valence-electron chi connectivity index (χ2n) is 8.74. The molecule has 34 heavy (non-hydrogen) atoms. The van der Waals surface area contributed by atoms with Crippen molar-refractivity contribution in [3.8, 4) is 0 Å². The third kappa shape index (κ3) is 6.81. The summed E-state index contributed by atoms with van der Waals surface area (Å²) in [6.07, 6.45) is 0.970. The van der Waals surface area contributed by atoms with Gasteiger partial charge in [0, 0.05) is 64.0 Å². The number of rotatable bonds is 11. The van der Waals surface area contributed by atoms with Crippen LogP contribution in [0.1, 0.15) is 32.8 Å². The summed E-state index contributed by atoms with van der Waals surface area (Å²) < 4.78 is 26.6. The van der Waals surface area contributed by atoms with Crippen LogP contribution in [0, 0.1) is 0 Å². The fraction of sp³-hybridized carbons (Fsp3) is 0.500. The number of amides is 1. The standard InChI is InChI=1S/C26H38N4O3S/c1-4-30(5-2)34(32,33)25-14-11-23(12-15-25)13-16-26(31)27-21-22(3)28-17-19-29(20-18-28)24-9-7-6-8-10-24/h6-12,14-15,22H,4-5,13,16-21H2,1-3H3,(H,27,31)/t22-/m1/s1. The van der Waals surface area contributed by atoms with Gasteiger partial charge in [0.25, 0.3) is 0 Å². The summed E-state index contributed by atoms with van der Waals surface area (Å²) in [6, 6.07) is 17.6. The van der Waals surface area contributed by atoms with Gasteiger partial charge >= 0.3 is 0 Å². The topological polar surface area (TPSA) is 73.0 Å². The molecule has 8 heteroatoms. The Hall–Kier alpha value is -2.42. The molecule has 0 bridgehead atoms. The Balaban J connectivity index is 1.40. The monoisotopic (exact) mass is 486 g/mol. The second kappa shape index (κ2) is 12.3. The van der Waals surface area contributed by atoms with Crippen molar-refractivity contribution in [3.63, 3.8) is 0 Å². The molecule has 2 aromatic rings. The van der Waals surface area contributed by atoms with Gasteiger partial charge in [-0.1, -0.05) is 44.2 Å². The van der Waals surface area contributed by atoms with E-state index in [1.807, 2.05) is 19.9 Å². The van der Waals surface area contributed by atoms with Crippen LogP contribution >= 0.6 is 0 Å². The second-order valence-corrected chi connectivity index (χ2v) is 10.7. The van der Waals surface area contributed by atoms with E-state index in [2.05, 4.69) is 46.3 Å². The number of hydrogen-bond donors (Lipinski definition) is 1. The highest BCUT2D eigenvalue weighted by Crippen LogP contribution is 2.18. The van der Waals surface area contributed by atoms with Gasteiger partial charge in [0.15, 0.2) is 0 Å². The molecule has 0 spiro atoms. The molecular weight excluding hydrogens is 448 g/mol. The number of carbonyl (C=O) groups is 1. The zero-order valence-corrected chi connectivity index (χ0v) is 21.4. The van der Waals surface area contributed by atoms with E-state index in [1.54, 1.807) is 24.3 Å². The molecule has 1 atom stereocenters. The summed E-state index contributed by atoms with van der Waals surface area (Å²) in [5.74, 6) is 0.0228. The summed E-state index contributed by atoms with van der Waals surface area (Å²) in [6.45, 7) is 11.3. The normalized spacial score (nSPS) is 15.9. The predicted molar refractivity (Wildman–Crippen MR) is 138 cm³/mol. The minimum absolute atomic E-state index is 0.0228. The quantitative estimate of drug-likeness (QED) is 0.529. The Morgan fingerprint density at radius 3 is 2.18 bits per heavy atom. The molecule has 1 amide bonds. The van der Waals surface area contributed by atoms with Crippen LogP contribution in [0.15, 0.2) is 59.5 Å². The smallest absolute Gasteiger partial charge is 0.243 e. The highest BCUT2D eigenvalue weighted by atomic mass is 32.2. The average molecular weight is 487 g/mol. The van der Waals surface area contributed by atoms with E-state index < -0.39 is 10.0 Å². The largest absolute Gasteiger partial charge is 0.369 e. The lowest BCUT2D eigenvalue weighted by atomic mass is 10.1. The van der Waals surface area contributed by atoms with Crippen molar-refractivity contribution in [2.45, 2.75) is 44.6 Å². The number of nitrogens with one attached hydrogen (secondary N) is 1. The first-order valence-electron chi connectivity index (χ1n) is 12.2. The summed E-state index contributed by atoms with van der Waals surface area (Å²) in [5, 5.41) is 3.06. The van der Waals surface area contributed by atoms with Crippen LogP contribution in [0.25, 0.3) is 0 Å². The first kappa shape index (κ1) is 26.2. The van der Waals surface area contributed by atoms with Crippen molar-refractivity contribution in [2.24, 2.45) is 0 Å². The van der Waals surface area contributed by atoms with Gasteiger partial charge in [-0.3, -0.25) is 9.69 Å². The highest BCUT2D eigenvalue weighted by molar-refractivity contribution is 7.89. The number of nitrogens with zero attached hydrogens (tertiary/aromatic N) is 3. The minimum atomic E-state index is -3.45. The number of hydrogen-bond acceptors (Lipinski definition) is 5. The lowest BCUT2D eigenvalue weighted by Crippen LogP contribution is -2.52. The first-order valence-corrected chi connectivity index (χ1v) is 13.7. The van der Waals surface area contributed by atoms with E-state index in [0.29, 0.717) is 37.4 Å². The average Bonchev–Trinajstić information content (AvgIpc) is 2.87. The number of benzene rings is 2. The number of piperazine rings is 1. The van der Waals surface area contributed by atoms with Crippen LogP contribution in [0.4, 0.5) is 5.69 Å². The maximum Gasteiger partial charge on any atom is 0.243 e. The van der Waals surface area contributed by atoms with Gasteiger partial charge in [-0.05, 0) is 43.2 Å². The number of aryl methyl sites for hydroxylation is 1. The Bertz CT molecular complexity index is 1000. The third-order valence-electron chi connectivity index (χ3n) is 6.56. The third-order valence-corrected chi connectivity index (χ3v) is 8.62. The van der Waals surface area contributed by atoms with Crippen molar-refractivity contribution in [2.75, 3.05) is 50.7 Å². The molecule has 1 fully saturated rings. The molecule has 1 saturated heterocycles. The van der Waals surface area contributed by atoms with Crippen molar-refractivity contribution in [1.29, 1.82) is 0 Å². The SMILES string of the molecule is CCN(CC)S(=O)(=O)c1ccc(CCC(=O)NC[C@@H](C)N2CCN(c3ccccc3)CC2)cc1. The first-order chi connectivity index (χ1) is 16.3. The van der Waals surface area contributed by atoms with Crippen molar-refractivity contribution >= 4 is 21.6 Å². The van der Waals surface area contributed by atoms with Crippen LogP contribution in [-0.2, 0) is 21.2 Å². The highest BCUT2D eigenvalue weighted by Gasteiger charge is 2.22. The van der Waals surface area contributed by atoms with Crippen LogP contribution in [0.5, 0.6) is 0 Å². The van der Waals surface area contributed by atoms with Crippen molar-refractivity contribution in [3.05, 3.63) is 60.2 Å². The molecule has 0 aromatic heterocycles. The molecule has 0 saturated carbocycles. The van der Waals surface area contributed by atoms with Crippen LogP contribution in [-0.4, -0.2) is 75.4 Å². The molecule has 186 valence electrons. The van der Waals surface area contributed by atoms with Crippen molar-refractivity contribution < 1.29 is 13.2 Å². The van der Waals surface area contributed by atoms with E-state index >= 15 is 0 Å². The van der Waals surface area contributed by atoms with Gasteiger partial charge in [-0.15, -0.1) is 0 Å². The van der Waals surface area contributed by atoms with Gasteiger partial charge < -0.3 is 10.2 Å². The fourth-order valence-corrected chi connectivity index (χ4v) is 5.80. The number of anilines is 1. The molecule has 7 nitrogen and oxygen atoms in total. The van der Waals surface area contributed by atoms with Crippen molar-refractivity contribution in [1.82, 2.24) is 14.5 Å². The van der Waals surface area contributed by atoms with Gasteiger partial charge in [0.05, 0.1) is 4.90 Å². The lowest BCUT2D eigenvalue weighted by molar-refractivity contribution is -0.121. The van der Waals surface area contributed by atoms with E-state index in [0.717, 1.165) is 31.7 Å². The maximum absolute atomic E-state index is 12.6. The molecule has 1 heterocycles.